The van der Waals surface area contributed by atoms with Crippen molar-refractivity contribution in [2.24, 2.45) is 5.92 Å². The van der Waals surface area contributed by atoms with E-state index in [1.165, 1.54) is 25.7 Å². The van der Waals surface area contributed by atoms with Gasteiger partial charge in [0.15, 0.2) is 0 Å². The predicted octanol–water partition coefficient (Wildman–Crippen LogP) is 5.18. The van der Waals surface area contributed by atoms with Crippen molar-refractivity contribution >= 4 is 34.2 Å². The number of rotatable bonds is 4. The van der Waals surface area contributed by atoms with E-state index in [9.17, 15) is 0 Å². The molecule has 0 N–H and O–H groups in total. The minimum atomic E-state index is -0.0927. The van der Waals surface area contributed by atoms with Gasteiger partial charge >= 0.3 is 0 Å². The monoisotopic (exact) mass is 296 g/mol. The van der Waals surface area contributed by atoms with E-state index in [1.807, 2.05) is 19.1 Å². The number of hydrogen-bond donors (Lipinski definition) is 0. The average molecular weight is 297 g/mol. The van der Waals surface area contributed by atoms with Gasteiger partial charge in [0.05, 0.1) is 15.9 Å². The van der Waals surface area contributed by atoms with E-state index in [0.29, 0.717) is 5.02 Å². The fraction of sp³-hybridized carbons (Fsp3) is 0.533. The van der Waals surface area contributed by atoms with Crippen LogP contribution < -0.4 is 0 Å². The normalized spacial score (nSPS) is 17.6. The van der Waals surface area contributed by atoms with E-state index in [4.69, 9.17) is 23.2 Å². The van der Waals surface area contributed by atoms with Crippen molar-refractivity contribution < 1.29 is 0 Å². The fourth-order valence-corrected chi connectivity index (χ4v) is 3.14. The van der Waals surface area contributed by atoms with Gasteiger partial charge in [-0.3, -0.25) is 0 Å². The Labute approximate surface area is 123 Å². The SMILES string of the molecule is CC(Cl)c1nc2c(Cl)cccc2n1CCC1CCC1. The molecule has 1 unspecified atom stereocenters. The summed E-state index contributed by atoms with van der Waals surface area (Å²) < 4.78 is 2.25. The van der Waals surface area contributed by atoms with Crippen LogP contribution in [0.5, 0.6) is 0 Å². The van der Waals surface area contributed by atoms with E-state index in [2.05, 4.69) is 15.6 Å². The lowest BCUT2D eigenvalue weighted by Gasteiger charge is -2.25. The molecule has 0 radical (unpaired) electrons. The molecule has 102 valence electrons. The number of alkyl halides is 1. The third-order valence-corrected chi connectivity index (χ3v) is 4.60. The van der Waals surface area contributed by atoms with Crippen molar-refractivity contribution in [1.29, 1.82) is 0 Å². The van der Waals surface area contributed by atoms with E-state index in [0.717, 1.165) is 29.3 Å². The molecule has 4 heteroatoms. The lowest BCUT2D eigenvalue weighted by molar-refractivity contribution is 0.282. The van der Waals surface area contributed by atoms with Gasteiger partial charge in [0.25, 0.3) is 0 Å². The first-order valence-corrected chi connectivity index (χ1v) is 7.77. The Balaban J connectivity index is 1.98. The zero-order valence-electron chi connectivity index (χ0n) is 11.1. The molecule has 0 bridgehead atoms. The predicted molar refractivity (Wildman–Crippen MR) is 81.0 cm³/mol. The lowest BCUT2D eigenvalue weighted by atomic mass is 9.83. The smallest absolute Gasteiger partial charge is 0.127 e. The molecule has 0 saturated heterocycles. The maximum absolute atomic E-state index is 6.27. The first-order valence-electron chi connectivity index (χ1n) is 6.95. The molecule has 2 aromatic rings. The van der Waals surface area contributed by atoms with Gasteiger partial charge in [0.2, 0.25) is 0 Å². The number of aromatic nitrogens is 2. The molecule has 1 aliphatic rings. The zero-order chi connectivity index (χ0) is 13.4. The quantitative estimate of drug-likeness (QED) is 0.711. The fourth-order valence-electron chi connectivity index (χ4n) is 2.76. The first kappa shape index (κ1) is 13.3. The minimum absolute atomic E-state index is 0.0927. The summed E-state index contributed by atoms with van der Waals surface area (Å²) in [6.07, 6.45) is 5.35. The first-order chi connectivity index (χ1) is 9.16. The molecular formula is C15H18Cl2N2. The van der Waals surface area contributed by atoms with Gasteiger partial charge in [0.1, 0.15) is 11.3 Å². The van der Waals surface area contributed by atoms with Crippen LogP contribution in [0.1, 0.15) is 43.8 Å². The molecule has 1 aliphatic carbocycles. The van der Waals surface area contributed by atoms with E-state index < -0.39 is 0 Å². The number of benzene rings is 1. The second-order valence-corrected chi connectivity index (χ2v) is 6.49. The Kier molecular flexibility index (Phi) is 3.72. The highest BCUT2D eigenvalue weighted by molar-refractivity contribution is 6.35. The summed E-state index contributed by atoms with van der Waals surface area (Å²) >= 11 is 12.5. The van der Waals surface area contributed by atoms with Gasteiger partial charge < -0.3 is 4.57 Å². The third kappa shape index (κ3) is 2.48. The van der Waals surface area contributed by atoms with E-state index >= 15 is 0 Å². The molecule has 1 heterocycles. The summed E-state index contributed by atoms with van der Waals surface area (Å²) in [5.74, 6) is 1.82. The van der Waals surface area contributed by atoms with Crippen LogP contribution in [0.3, 0.4) is 0 Å². The highest BCUT2D eigenvalue weighted by Crippen LogP contribution is 2.33. The van der Waals surface area contributed by atoms with Gasteiger partial charge in [-0.05, 0) is 31.4 Å². The van der Waals surface area contributed by atoms with Crippen LogP contribution in [0.2, 0.25) is 5.02 Å². The van der Waals surface area contributed by atoms with E-state index in [-0.39, 0.29) is 5.38 Å². The molecule has 0 amide bonds. The van der Waals surface area contributed by atoms with Crippen LogP contribution in [-0.4, -0.2) is 9.55 Å². The molecule has 19 heavy (non-hydrogen) atoms. The number of halogens is 2. The second kappa shape index (κ2) is 5.34. The Hall–Kier alpha value is -0.730. The van der Waals surface area contributed by atoms with Crippen molar-refractivity contribution in [2.75, 3.05) is 0 Å². The standard InChI is InChI=1S/C15H18Cl2N2/c1-10(16)15-18-14-12(17)6-3-7-13(14)19(15)9-8-11-4-2-5-11/h3,6-7,10-11H,2,4-5,8-9H2,1H3. The molecule has 1 aromatic carbocycles. The number of nitrogens with zero attached hydrogens (tertiary/aromatic N) is 2. The lowest BCUT2D eigenvalue weighted by Crippen LogP contribution is -2.15. The number of fused-ring (bicyclic) bond motifs is 1. The molecule has 0 spiro atoms. The third-order valence-electron chi connectivity index (χ3n) is 4.10. The summed E-state index contributed by atoms with van der Waals surface area (Å²) in [6.45, 7) is 2.96. The molecule has 1 atom stereocenters. The molecule has 3 rings (SSSR count). The number of imidazole rings is 1. The van der Waals surface area contributed by atoms with Crippen molar-refractivity contribution in [2.45, 2.75) is 44.5 Å². The largest absolute Gasteiger partial charge is 0.327 e. The van der Waals surface area contributed by atoms with Crippen LogP contribution in [0.25, 0.3) is 11.0 Å². The Morgan fingerprint density at radius 2 is 2.21 bits per heavy atom. The Morgan fingerprint density at radius 1 is 1.42 bits per heavy atom. The van der Waals surface area contributed by atoms with Crippen molar-refractivity contribution in [3.8, 4) is 0 Å². The van der Waals surface area contributed by atoms with Crippen LogP contribution in [0.4, 0.5) is 0 Å². The minimum Gasteiger partial charge on any atom is -0.327 e. The molecule has 0 aliphatic heterocycles. The van der Waals surface area contributed by atoms with Crippen molar-refractivity contribution in [3.63, 3.8) is 0 Å². The second-order valence-electron chi connectivity index (χ2n) is 5.43. The zero-order valence-corrected chi connectivity index (χ0v) is 12.6. The molecule has 1 fully saturated rings. The van der Waals surface area contributed by atoms with Crippen LogP contribution >= 0.6 is 23.2 Å². The van der Waals surface area contributed by atoms with Gasteiger partial charge in [-0.15, -0.1) is 11.6 Å². The summed E-state index contributed by atoms with van der Waals surface area (Å²) in [5.41, 5.74) is 1.98. The van der Waals surface area contributed by atoms with Crippen molar-refractivity contribution in [3.05, 3.63) is 29.0 Å². The summed E-state index contributed by atoms with van der Waals surface area (Å²) in [4.78, 5) is 4.63. The van der Waals surface area contributed by atoms with Gasteiger partial charge in [-0.1, -0.05) is 36.9 Å². The summed E-state index contributed by atoms with van der Waals surface area (Å²) in [6, 6.07) is 5.95. The number of para-hydroxylation sites is 1. The van der Waals surface area contributed by atoms with E-state index in [1.54, 1.807) is 0 Å². The molecule has 2 nitrogen and oxygen atoms in total. The topological polar surface area (TPSA) is 17.8 Å². The van der Waals surface area contributed by atoms with Gasteiger partial charge in [-0.2, -0.15) is 0 Å². The highest BCUT2D eigenvalue weighted by atomic mass is 35.5. The van der Waals surface area contributed by atoms with Gasteiger partial charge in [-0.25, -0.2) is 4.98 Å². The van der Waals surface area contributed by atoms with Gasteiger partial charge in [0, 0.05) is 6.54 Å². The summed E-state index contributed by atoms with van der Waals surface area (Å²) in [7, 11) is 0. The highest BCUT2D eigenvalue weighted by Gasteiger charge is 2.20. The number of aryl methyl sites for hydroxylation is 1. The van der Waals surface area contributed by atoms with Crippen LogP contribution in [-0.2, 0) is 6.54 Å². The van der Waals surface area contributed by atoms with Crippen molar-refractivity contribution in [1.82, 2.24) is 9.55 Å². The molecule has 1 aromatic heterocycles. The molecular weight excluding hydrogens is 279 g/mol. The number of hydrogen-bond acceptors (Lipinski definition) is 1. The maximum Gasteiger partial charge on any atom is 0.127 e. The Morgan fingerprint density at radius 3 is 2.84 bits per heavy atom. The maximum atomic E-state index is 6.27. The van der Waals surface area contributed by atoms with Crippen LogP contribution in [0, 0.1) is 5.92 Å². The van der Waals surface area contributed by atoms with Crippen LogP contribution in [0.15, 0.2) is 18.2 Å². The summed E-state index contributed by atoms with van der Waals surface area (Å²) in [5, 5.41) is 0.614. The molecule has 1 saturated carbocycles. The Bertz CT molecular complexity index is 585. The average Bonchev–Trinajstić information content (AvgIpc) is 2.68.